The SMILES string of the molecule is CCC(C)(C)C(N)Cc1ccco1. The van der Waals surface area contributed by atoms with Crippen molar-refractivity contribution < 1.29 is 4.42 Å². The molecule has 1 aromatic rings. The van der Waals surface area contributed by atoms with Gasteiger partial charge in [0.05, 0.1) is 6.26 Å². The van der Waals surface area contributed by atoms with Gasteiger partial charge in [-0.3, -0.25) is 0 Å². The maximum Gasteiger partial charge on any atom is 0.105 e. The monoisotopic (exact) mass is 181 g/mol. The van der Waals surface area contributed by atoms with Crippen LogP contribution in [-0.4, -0.2) is 6.04 Å². The molecule has 0 amide bonds. The standard InChI is InChI=1S/C11H19NO/c1-4-11(2,3)10(12)8-9-6-5-7-13-9/h5-7,10H,4,8,12H2,1-3H3. The van der Waals surface area contributed by atoms with Crippen LogP contribution in [0.2, 0.25) is 0 Å². The van der Waals surface area contributed by atoms with Crippen LogP contribution in [0.3, 0.4) is 0 Å². The summed E-state index contributed by atoms with van der Waals surface area (Å²) in [6.45, 7) is 6.56. The zero-order valence-electron chi connectivity index (χ0n) is 8.71. The Kier molecular flexibility index (Phi) is 3.15. The summed E-state index contributed by atoms with van der Waals surface area (Å²) in [6, 6.07) is 4.05. The number of hydrogen-bond acceptors (Lipinski definition) is 2. The quantitative estimate of drug-likeness (QED) is 0.775. The molecular weight excluding hydrogens is 162 g/mol. The normalized spacial score (nSPS) is 14.5. The van der Waals surface area contributed by atoms with Crippen LogP contribution in [0.25, 0.3) is 0 Å². The van der Waals surface area contributed by atoms with Crippen molar-refractivity contribution >= 4 is 0 Å². The van der Waals surface area contributed by atoms with E-state index in [2.05, 4.69) is 20.8 Å². The van der Waals surface area contributed by atoms with Crippen molar-refractivity contribution in [2.45, 2.75) is 39.7 Å². The molecule has 74 valence electrons. The molecule has 2 N–H and O–H groups in total. The highest BCUT2D eigenvalue weighted by Crippen LogP contribution is 2.25. The van der Waals surface area contributed by atoms with Gasteiger partial charge >= 0.3 is 0 Å². The van der Waals surface area contributed by atoms with Crippen LogP contribution >= 0.6 is 0 Å². The number of nitrogens with two attached hydrogens (primary N) is 1. The van der Waals surface area contributed by atoms with E-state index < -0.39 is 0 Å². The zero-order valence-corrected chi connectivity index (χ0v) is 8.71. The van der Waals surface area contributed by atoms with Crippen LogP contribution in [0.15, 0.2) is 22.8 Å². The first-order valence-electron chi connectivity index (χ1n) is 4.84. The van der Waals surface area contributed by atoms with Crippen molar-refractivity contribution in [3.05, 3.63) is 24.2 Å². The second kappa shape index (κ2) is 3.97. The molecule has 0 aliphatic rings. The molecule has 0 saturated heterocycles. The minimum Gasteiger partial charge on any atom is -0.469 e. The lowest BCUT2D eigenvalue weighted by Crippen LogP contribution is -2.38. The van der Waals surface area contributed by atoms with Crippen LogP contribution in [-0.2, 0) is 6.42 Å². The van der Waals surface area contributed by atoms with E-state index in [9.17, 15) is 0 Å². The van der Waals surface area contributed by atoms with Gasteiger partial charge in [0, 0.05) is 12.5 Å². The summed E-state index contributed by atoms with van der Waals surface area (Å²) in [7, 11) is 0. The second-order valence-electron chi connectivity index (χ2n) is 4.23. The summed E-state index contributed by atoms with van der Waals surface area (Å²) in [5.41, 5.74) is 6.28. The molecule has 0 radical (unpaired) electrons. The van der Waals surface area contributed by atoms with E-state index in [1.807, 2.05) is 12.1 Å². The predicted octanol–water partition coefficient (Wildman–Crippen LogP) is 2.59. The summed E-state index contributed by atoms with van der Waals surface area (Å²) < 4.78 is 5.26. The Hall–Kier alpha value is -0.760. The van der Waals surface area contributed by atoms with E-state index in [1.54, 1.807) is 6.26 Å². The lowest BCUT2D eigenvalue weighted by molar-refractivity contribution is 0.263. The molecular formula is C11H19NO. The molecule has 2 heteroatoms. The van der Waals surface area contributed by atoms with Gasteiger partial charge in [0.25, 0.3) is 0 Å². The van der Waals surface area contributed by atoms with Crippen molar-refractivity contribution in [2.24, 2.45) is 11.1 Å². The fraction of sp³-hybridized carbons (Fsp3) is 0.636. The Morgan fingerprint density at radius 3 is 2.69 bits per heavy atom. The van der Waals surface area contributed by atoms with E-state index in [4.69, 9.17) is 10.2 Å². The highest BCUT2D eigenvalue weighted by atomic mass is 16.3. The Balaban J connectivity index is 2.55. The van der Waals surface area contributed by atoms with Gasteiger partial charge in [0.1, 0.15) is 5.76 Å². The lowest BCUT2D eigenvalue weighted by Gasteiger charge is -2.29. The van der Waals surface area contributed by atoms with Crippen molar-refractivity contribution in [3.63, 3.8) is 0 Å². The highest BCUT2D eigenvalue weighted by Gasteiger charge is 2.24. The summed E-state index contributed by atoms with van der Waals surface area (Å²) in [5.74, 6) is 0.981. The van der Waals surface area contributed by atoms with Crippen molar-refractivity contribution in [1.82, 2.24) is 0 Å². The topological polar surface area (TPSA) is 39.2 Å². The van der Waals surface area contributed by atoms with E-state index >= 15 is 0 Å². The first-order valence-corrected chi connectivity index (χ1v) is 4.84. The number of hydrogen-bond donors (Lipinski definition) is 1. The lowest BCUT2D eigenvalue weighted by atomic mass is 9.80. The molecule has 0 aliphatic heterocycles. The Morgan fingerprint density at radius 1 is 1.54 bits per heavy atom. The molecule has 0 aliphatic carbocycles. The van der Waals surface area contributed by atoms with Gasteiger partial charge < -0.3 is 10.2 Å². The van der Waals surface area contributed by atoms with E-state index in [0.29, 0.717) is 0 Å². The van der Waals surface area contributed by atoms with E-state index in [0.717, 1.165) is 18.6 Å². The average Bonchev–Trinajstić information content (AvgIpc) is 2.57. The molecule has 1 aromatic heterocycles. The minimum atomic E-state index is 0.170. The van der Waals surface area contributed by atoms with E-state index in [1.165, 1.54) is 0 Å². The van der Waals surface area contributed by atoms with Gasteiger partial charge in [0.15, 0.2) is 0 Å². The third-order valence-electron chi connectivity index (χ3n) is 2.92. The maximum absolute atomic E-state index is 6.09. The minimum absolute atomic E-state index is 0.170. The molecule has 0 fully saturated rings. The van der Waals surface area contributed by atoms with Crippen LogP contribution in [0.1, 0.15) is 33.0 Å². The highest BCUT2D eigenvalue weighted by molar-refractivity contribution is 5.02. The van der Waals surface area contributed by atoms with Gasteiger partial charge in [-0.25, -0.2) is 0 Å². The van der Waals surface area contributed by atoms with Gasteiger partial charge in [-0.2, -0.15) is 0 Å². The third-order valence-corrected chi connectivity index (χ3v) is 2.92. The molecule has 1 unspecified atom stereocenters. The fourth-order valence-electron chi connectivity index (χ4n) is 1.18. The molecule has 1 rings (SSSR count). The zero-order chi connectivity index (χ0) is 9.90. The molecule has 0 aromatic carbocycles. The van der Waals surface area contributed by atoms with Crippen molar-refractivity contribution in [1.29, 1.82) is 0 Å². The predicted molar refractivity (Wildman–Crippen MR) is 54.5 cm³/mol. The number of rotatable bonds is 4. The largest absolute Gasteiger partial charge is 0.469 e. The Labute approximate surface area is 80.1 Å². The molecule has 2 nitrogen and oxygen atoms in total. The first kappa shape index (κ1) is 10.3. The first-order chi connectivity index (χ1) is 6.06. The summed E-state index contributed by atoms with van der Waals surface area (Å²) in [6.07, 6.45) is 3.61. The van der Waals surface area contributed by atoms with Crippen molar-refractivity contribution in [3.8, 4) is 0 Å². The molecule has 0 saturated carbocycles. The molecule has 0 bridgehead atoms. The summed E-state index contributed by atoms with van der Waals surface area (Å²) in [5, 5.41) is 0. The smallest absolute Gasteiger partial charge is 0.105 e. The van der Waals surface area contributed by atoms with Crippen LogP contribution in [0, 0.1) is 5.41 Å². The Morgan fingerprint density at radius 2 is 2.23 bits per heavy atom. The Bertz CT molecular complexity index is 239. The second-order valence-corrected chi connectivity index (χ2v) is 4.23. The molecule has 1 atom stereocenters. The molecule has 1 heterocycles. The number of furan rings is 1. The van der Waals surface area contributed by atoms with Gasteiger partial charge in [0.2, 0.25) is 0 Å². The molecule has 13 heavy (non-hydrogen) atoms. The fourth-order valence-corrected chi connectivity index (χ4v) is 1.18. The van der Waals surface area contributed by atoms with Gasteiger partial charge in [-0.1, -0.05) is 20.8 Å². The summed E-state index contributed by atoms with van der Waals surface area (Å²) >= 11 is 0. The van der Waals surface area contributed by atoms with Crippen LogP contribution in [0.5, 0.6) is 0 Å². The van der Waals surface area contributed by atoms with E-state index in [-0.39, 0.29) is 11.5 Å². The average molecular weight is 181 g/mol. The maximum atomic E-state index is 6.09. The van der Waals surface area contributed by atoms with Crippen molar-refractivity contribution in [2.75, 3.05) is 0 Å². The van der Waals surface area contributed by atoms with Crippen LogP contribution < -0.4 is 5.73 Å². The van der Waals surface area contributed by atoms with Gasteiger partial charge in [-0.15, -0.1) is 0 Å². The van der Waals surface area contributed by atoms with Crippen LogP contribution in [0.4, 0.5) is 0 Å². The third kappa shape index (κ3) is 2.59. The summed E-state index contributed by atoms with van der Waals surface area (Å²) in [4.78, 5) is 0. The van der Waals surface area contributed by atoms with Gasteiger partial charge in [-0.05, 0) is 24.0 Å². The molecule has 0 spiro atoms.